The van der Waals surface area contributed by atoms with E-state index in [0.29, 0.717) is 17.4 Å². The smallest absolute Gasteiger partial charge is 0.276 e. The monoisotopic (exact) mass is 327 g/mol. The predicted molar refractivity (Wildman–Crippen MR) is 87.9 cm³/mol. The lowest BCUT2D eigenvalue weighted by atomic mass is 9.99. The lowest BCUT2D eigenvalue weighted by Gasteiger charge is -2.17. The lowest BCUT2D eigenvalue weighted by molar-refractivity contribution is 0.372. The maximum absolute atomic E-state index is 6.39. The van der Waals surface area contributed by atoms with Crippen LogP contribution in [-0.2, 0) is 12.6 Å². The minimum absolute atomic E-state index is 0.416. The van der Waals surface area contributed by atoms with E-state index in [0.717, 1.165) is 48.3 Å². The molecule has 8 heteroatoms. The lowest BCUT2D eigenvalue weighted by Crippen LogP contribution is -2.34. The molecule has 0 radical (unpaired) electrons. The third-order valence-corrected chi connectivity index (χ3v) is 4.94. The molecule has 0 bridgehead atoms. The molecule has 126 valence electrons. The molecular formula is C16H21N7O. The van der Waals surface area contributed by atoms with Crippen LogP contribution in [0.2, 0.25) is 0 Å². The first kappa shape index (κ1) is 15.1. The molecule has 1 saturated carbocycles. The van der Waals surface area contributed by atoms with Gasteiger partial charge in [0.2, 0.25) is 0 Å². The maximum atomic E-state index is 6.39. The van der Waals surface area contributed by atoms with Crippen LogP contribution < -0.4 is 5.73 Å². The van der Waals surface area contributed by atoms with E-state index in [4.69, 9.17) is 10.3 Å². The SMILES string of the molecule is Cc1nn(C)c(C)c1-c1cc(-c2nc(C3(N)CCCC3)no2)[nH]n1. The van der Waals surface area contributed by atoms with Gasteiger partial charge in [0, 0.05) is 18.3 Å². The maximum Gasteiger partial charge on any atom is 0.276 e. The van der Waals surface area contributed by atoms with E-state index in [-0.39, 0.29) is 0 Å². The topological polar surface area (TPSA) is 111 Å². The van der Waals surface area contributed by atoms with Crippen molar-refractivity contribution in [3.63, 3.8) is 0 Å². The Morgan fingerprint density at radius 1 is 1.29 bits per heavy atom. The second-order valence-electron chi connectivity index (χ2n) is 6.62. The van der Waals surface area contributed by atoms with Crippen molar-refractivity contribution in [3.05, 3.63) is 23.3 Å². The first-order valence-corrected chi connectivity index (χ1v) is 8.17. The van der Waals surface area contributed by atoms with Gasteiger partial charge in [0.25, 0.3) is 5.89 Å². The molecule has 1 aliphatic rings. The van der Waals surface area contributed by atoms with Crippen molar-refractivity contribution in [1.82, 2.24) is 30.1 Å². The Balaban J connectivity index is 1.67. The van der Waals surface area contributed by atoms with Gasteiger partial charge < -0.3 is 10.3 Å². The minimum atomic E-state index is -0.457. The summed E-state index contributed by atoms with van der Waals surface area (Å²) in [5.74, 6) is 1.000. The summed E-state index contributed by atoms with van der Waals surface area (Å²) >= 11 is 0. The van der Waals surface area contributed by atoms with Gasteiger partial charge in [0.1, 0.15) is 5.69 Å². The van der Waals surface area contributed by atoms with Crippen LogP contribution in [0.5, 0.6) is 0 Å². The van der Waals surface area contributed by atoms with Crippen LogP contribution in [0, 0.1) is 13.8 Å². The standard InChI is InChI=1S/C16H21N7O/c1-9-13(10(2)23(3)21-9)11-8-12(20-19-11)14-18-15(22-24-14)16(17)6-4-5-7-16/h8H,4-7,17H2,1-3H3,(H,19,20). The average Bonchev–Trinajstić information content (AvgIpc) is 3.28. The number of hydrogen-bond acceptors (Lipinski definition) is 6. The molecule has 0 unspecified atom stereocenters. The summed E-state index contributed by atoms with van der Waals surface area (Å²) in [4.78, 5) is 4.50. The molecule has 0 saturated heterocycles. The van der Waals surface area contributed by atoms with Gasteiger partial charge in [-0.05, 0) is 32.8 Å². The van der Waals surface area contributed by atoms with Crippen molar-refractivity contribution in [2.75, 3.05) is 0 Å². The Morgan fingerprint density at radius 2 is 2.04 bits per heavy atom. The quantitative estimate of drug-likeness (QED) is 0.763. The predicted octanol–water partition coefficient (Wildman–Crippen LogP) is 2.21. The number of rotatable bonds is 3. The number of aromatic nitrogens is 6. The number of aryl methyl sites for hydroxylation is 2. The van der Waals surface area contributed by atoms with Gasteiger partial charge in [0.15, 0.2) is 5.82 Å². The highest BCUT2D eigenvalue weighted by Gasteiger charge is 2.36. The zero-order chi connectivity index (χ0) is 16.9. The van der Waals surface area contributed by atoms with E-state index in [1.54, 1.807) is 0 Å². The van der Waals surface area contributed by atoms with Crippen LogP contribution >= 0.6 is 0 Å². The summed E-state index contributed by atoms with van der Waals surface area (Å²) in [6.45, 7) is 3.99. The van der Waals surface area contributed by atoms with E-state index in [2.05, 4.69) is 25.4 Å². The van der Waals surface area contributed by atoms with E-state index < -0.39 is 5.54 Å². The van der Waals surface area contributed by atoms with Crippen molar-refractivity contribution in [2.45, 2.75) is 45.1 Å². The molecule has 1 aliphatic carbocycles. The van der Waals surface area contributed by atoms with Crippen LogP contribution in [0.25, 0.3) is 22.8 Å². The largest absolute Gasteiger partial charge is 0.332 e. The number of aromatic amines is 1. The highest BCUT2D eigenvalue weighted by Crippen LogP contribution is 2.35. The normalized spacial score (nSPS) is 16.8. The van der Waals surface area contributed by atoms with Crippen LogP contribution in [0.3, 0.4) is 0 Å². The fraction of sp³-hybridized carbons (Fsp3) is 0.500. The highest BCUT2D eigenvalue weighted by atomic mass is 16.5. The van der Waals surface area contributed by atoms with Gasteiger partial charge in [-0.25, -0.2) is 0 Å². The molecule has 3 aromatic heterocycles. The van der Waals surface area contributed by atoms with E-state index in [9.17, 15) is 0 Å². The Bertz CT molecular complexity index is 882. The van der Waals surface area contributed by atoms with Gasteiger partial charge in [-0.1, -0.05) is 18.0 Å². The Hall–Kier alpha value is -2.48. The molecule has 4 rings (SSSR count). The summed E-state index contributed by atoms with van der Waals surface area (Å²) in [5.41, 5.74) is 10.4. The van der Waals surface area contributed by atoms with Crippen LogP contribution in [0.4, 0.5) is 0 Å². The van der Waals surface area contributed by atoms with E-state index in [1.807, 2.05) is 31.6 Å². The molecule has 1 fully saturated rings. The third kappa shape index (κ3) is 2.25. The number of nitrogens with two attached hydrogens (primary N) is 1. The zero-order valence-electron chi connectivity index (χ0n) is 14.1. The van der Waals surface area contributed by atoms with Gasteiger partial charge >= 0.3 is 0 Å². The molecule has 3 heterocycles. The van der Waals surface area contributed by atoms with E-state index in [1.165, 1.54) is 0 Å². The molecule has 0 aliphatic heterocycles. The molecule has 3 N–H and O–H groups in total. The number of hydrogen-bond donors (Lipinski definition) is 2. The Labute approximate surface area is 139 Å². The fourth-order valence-corrected chi connectivity index (χ4v) is 3.47. The Kier molecular flexibility index (Phi) is 3.31. The third-order valence-electron chi connectivity index (χ3n) is 4.94. The molecular weight excluding hydrogens is 306 g/mol. The van der Waals surface area contributed by atoms with Gasteiger partial charge in [-0.3, -0.25) is 9.78 Å². The highest BCUT2D eigenvalue weighted by molar-refractivity contribution is 5.68. The molecule has 0 spiro atoms. The summed E-state index contributed by atoms with van der Waals surface area (Å²) in [5, 5.41) is 15.9. The minimum Gasteiger partial charge on any atom is -0.332 e. The van der Waals surface area contributed by atoms with E-state index >= 15 is 0 Å². The van der Waals surface area contributed by atoms with Crippen LogP contribution in [-0.4, -0.2) is 30.1 Å². The molecule has 8 nitrogen and oxygen atoms in total. The summed E-state index contributed by atoms with van der Waals surface area (Å²) < 4.78 is 7.26. The number of H-pyrrole nitrogens is 1. The first-order valence-electron chi connectivity index (χ1n) is 8.17. The Morgan fingerprint density at radius 3 is 2.71 bits per heavy atom. The molecule has 0 atom stereocenters. The zero-order valence-corrected chi connectivity index (χ0v) is 14.1. The summed E-state index contributed by atoms with van der Waals surface area (Å²) in [6, 6.07) is 1.91. The van der Waals surface area contributed by atoms with Crippen molar-refractivity contribution < 1.29 is 4.52 Å². The summed E-state index contributed by atoms with van der Waals surface area (Å²) in [6.07, 6.45) is 4.00. The van der Waals surface area contributed by atoms with Crippen molar-refractivity contribution in [2.24, 2.45) is 12.8 Å². The second-order valence-corrected chi connectivity index (χ2v) is 6.62. The second kappa shape index (κ2) is 5.27. The number of nitrogens with one attached hydrogen (secondary N) is 1. The van der Waals surface area contributed by atoms with Crippen LogP contribution in [0.1, 0.15) is 42.9 Å². The number of nitrogens with zero attached hydrogens (tertiary/aromatic N) is 5. The van der Waals surface area contributed by atoms with Gasteiger partial charge in [-0.2, -0.15) is 15.2 Å². The molecule has 0 aromatic carbocycles. The van der Waals surface area contributed by atoms with Gasteiger partial charge in [-0.15, -0.1) is 0 Å². The van der Waals surface area contributed by atoms with Crippen molar-refractivity contribution in [1.29, 1.82) is 0 Å². The fourth-order valence-electron chi connectivity index (χ4n) is 3.47. The molecule has 0 amide bonds. The molecule has 24 heavy (non-hydrogen) atoms. The molecule has 3 aromatic rings. The van der Waals surface area contributed by atoms with Crippen molar-refractivity contribution >= 4 is 0 Å². The first-order chi connectivity index (χ1) is 11.5. The van der Waals surface area contributed by atoms with Crippen molar-refractivity contribution in [3.8, 4) is 22.8 Å². The van der Waals surface area contributed by atoms with Crippen LogP contribution in [0.15, 0.2) is 10.6 Å². The van der Waals surface area contributed by atoms with Gasteiger partial charge in [0.05, 0.1) is 16.9 Å². The average molecular weight is 327 g/mol. The summed E-state index contributed by atoms with van der Waals surface area (Å²) in [7, 11) is 1.92.